The molecule has 0 saturated heterocycles. The number of unbranched alkanes of at least 4 members (excludes halogenated alkanes) is 4. The molecular weight excluding hydrogens is 144 g/mol. The Bertz CT molecular complexity index is 204. The Balaban J connectivity index is 3.23. The molecule has 0 saturated carbocycles. The molecule has 0 aliphatic heterocycles. The highest BCUT2D eigenvalue weighted by Gasteiger charge is 1.82. The molecule has 12 heavy (non-hydrogen) atoms. The van der Waals surface area contributed by atoms with Crippen LogP contribution in [0, 0.1) is 24.2 Å². The summed E-state index contributed by atoms with van der Waals surface area (Å²) in [6.45, 7) is 2.21. The monoisotopic (exact) mass is 160 g/mol. The van der Waals surface area contributed by atoms with Gasteiger partial charge in [0.05, 0.1) is 0 Å². The SMILES string of the molecule is C#C/C=C\C#CCCCCCC. The van der Waals surface area contributed by atoms with Gasteiger partial charge in [-0.05, 0) is 18.6 Å². The first-order chi connectivity index (χ1) is 5.91. The van der Waals surface area contributed by atoms with E-state index in [0.29, 0.717) is 0 Å². The summed E-state index contributed by atoms with van der Waals surface area (Å²) >= 11 is 0. The molecule has 0 rings (SSSR count). The molecule has 0 nitrogen and oxygen atoms in total. The standard InChI is InChI=1S/C12H16/c1-3-5-7-9-11-12-10-8-6-4-2/h1,5,7H,4,6,8,10,12H2,2H3/b7-5-. The molecule has 64 valence electrons. The van der Waals surface area contributed by atoms with E-state index in [9.17, 15) is 0 Å². The number of hydrogen-bond donors (Lipinski definition) is 0. The summed E-state index contributed by atoms with van der Waals surface area (Å²) in [6.07, 6.45) is 14.5. The van der Waals surface area contributed by atoms with Crippen LogP contribution in [0.3, 0.4) is 0 Å². The lowest BCUT2D eigenvalue weighted by Gasteiger charge is -1.91. The lowest BCUT2D eigenvalue weighted by atomic mass is 10.2. The molecule has 0 heteroatoms. The van der Waals surface area contributed by atoms with Crippen LogP contribution in [0.2, 0.25) is 0 Å². The number of allylic oxidation sites excluding steroid dienone is 2. The molecule has 0 aromatic heterocycles. The van der Waals surface area contributed by atoms with Crippen molar-refractivity contribution in [3.8, 4) is 24.2 Å². The summed E-state index contributed by atoms with van der Waals surface area (Å²) in [5.41, 5.74) is 0. The molecule has 0 aliphatic carbocycles. The third kappa shape index (κ3) is 8.86. The van der Waals surface area contributed by atoms with Crippen LogP contribution in [0.1, 0.15) is 39.0 Å². The fourth-order valence-corrected chi connectivity index (χ4v) is 0.861. The smallest absolute Gasteiger partial charge is 0.00922 e. The Kier molecular flexibility index (Phi) is 8.92. The van der Waals surface area contributed by atoms with E-state index in [1.165, 1.54) is 25.7 Å². The van der Waals surface area contributed by atoms with Gasteiger partial charge in [-0.25, -0.2) is 0 Å². The van der Waals surface area contributed by atoms with Crippen LogP contribution in [-0.2, 0) is 0 Å². The van der Waals surface area contributed by atoms with Crippen LogP contribution in [0.15, 0.2) is 12.2 Å². The van der Waals surface area contributed by atoms with Gasteiger partial charge in [0.1, 0.15) is 0 Å². The maximum absolute atomic E-state index is 5.00. The molecule has 0 fully saturated rings. The minimum absolute atomic E-state index is 0.995. The van der Waals surface area contributed by atoms with Gasteiger partial charge in [-0.2, -0.15) is 0 Å². The minimum atomic E-state index is 0.995. The highest BCUT2D eigenvalue weighted by Crippen LogP contribution is 2.00. The van der Waals surface area contributed by atoms with Gasteiger partial charge in [0.15, 0.2) is 0 Å². The third-order valence-electron chi connectivity index (χ3n) is 1.52. The summed E-state index contributed by atoms with van der Waals surface area (Å²) in [6, 6.07) is 0. The van der Waals surface area contributed by atoms with Gasteiger partial charge < -0.3 is 0 Å². The largest absolute Gasteiger partial charge is 0.115 e. The maximum atomic E-state index is 5.00. The summed E-state index contributed by atoms with van der Waals surface area (Å²) in [5, 5.41) is 0. The van der Waals surface area contributed by atoms with Gasteiger partial charge in [-0.15, -0.1) is 6.42 Å². The van der Waals surface area contributed by atoms with Crippen molar-refractivity contribution < 1.29 is 0 Å². The van der Waals surface area contributed by atoms with Crippen molar-refractivity contribution >= 4 is 0 Å². The number of terminal acetylenes is 1. The highest BCUT2D eigenvalue weighted by molar-refractivity contribution is 5.22. The van der Waals surface area contributed by atoms with Crippen LogP contribution >= 0.6 is 0 Å². The molecule has 0 unspecified atom stereocenters. The van der Waals surface area contributed by atoms with E-state index in [-0.39, 0.29) is 0 Å². The molecule has 0 radical (unpaired) electrons. The quantitative estimate of drug-likeness (QED) is 0.438. The van der Waals surface area contributed by atoms with Crippen molar-refractivity contribution in [1.29, 1.82) is 0 Å². The van der Waals surface area contributed by atoms with Crippen LogP contribution in [0.4, 0.5) is 0 Å². The molecule has 0 N–H and O–H groups in total. The second-order valence-electron chi connectivity index (χ2n) is 2.63. The van der Waals surface area contributed by atoms with Crippen LogP contribution < -0.4 is 0 Å². The molecule has 0 spiro atoms. The molecule has 0 amide bonds. The Labute approximate surface area is 76.1 Å². The fraction of sp³-hybridized carbons (Fsp3) is 0.500. The lowest BCUT2D eigenvalue weighted by molar-refractivity contribution is 0.679. The van der Waals surface area contributed by atoms with Crippen LogP contribution in [-0.4, -0.2) is 0 Å². The van der Waals surface area contributed by atoms with Crippen molar-refractivity contribution in [1.82, 2.24) is 0 Å². The highest BCUT2D eigenvalue weighted by atomic mass is 13.9. The summed E-state index contributed by atoms with van der Waals surface area (Å²) < 4.78 is 0. The van der Waals surface area contributed by atoms with E-state index in [1.807, 2.05) is 0 Å². The van der Waals surface area contributed by atoms with Crippen LogP contribution in [0.25, 0.3) is 0 Å². The van der Waals surface area contributed by atoms with Crippen molar-refractivity contribution in [2.45, 2.75) is 39.0 Å². The Hall–Kier alpha value is -1.14. The van der Waals surface area contributed by atoms with Gasteiger partial charge >= 0.3 is 0 Å². The van der Waals surface area contributed by atoms with Gasteiger partial charge in [-0.3, -0.25) is 0 Å². The number of rotatable bonds is 4. The number of hydrogen-bond acceptors (Lipinski definition) is 0. The summed E-state index contributed by atoms with van der Waals surface area (Å²) in [7, 11) is 0. The van der Waals surface area contributed by atoms with E-state index in [4.69, 9.17) is 6.42 Å². The first-order valence-corrected chi connectivity index (χ1v) is 4.51. The van der Waals surface area contributed by atoms with E-state index >= 15 is 0 Å². The minimum Gasteiger partial charge on any atom is -0.115 e. The molecule has 0 heterocycles. The second kappa shape index (κ2) is 9.86. The van der Waals surface area contributed by atoms with Crippen LogP contribution in [0.5, 0.6) is 0 Å². The van der Waals surface area contributed by atoms with E-state index < -0.39 is 0 Å². The Morgan fingerprint density at radius 2 is 2.00 bits per heavy atom. The predicted molar refractivity (Wildman–Crippen MR) is 54.5 cm³/mol. The van der Waals surface area contributed by atoms with E-state index in [0.717, 1.165) is 6.42 Å². The molecule has 0 aliphatic rings. The molecule has 0 atom stereocenters. The molecule has 0 aromatic rings. The topological polar surface area (TPSA) is 0 Å². The average molecular weight is 160 g/mol. The molecule has 0 bridgehead atoms. The lowest BCUT2D eigenvalue weighted by Crippen LogP contribution is -1.73. The second-order valence-corrected chi connectivity index (χ2v) is 2.63. The van der Waals surface area contributed by atoms with Gasteiger partial charge in [0.25, 0.3) is 0 Å². The summed E-state index contributed by atoms with van der Waals surface area (Å²) in [4.78, 5) is 0. The van der Waals surface area contributed by atoms with Crippen molar-refractivity contribution in [3.63, 3.8) is 0 Å². The zero-order valence-corrected chi connectivity index (χ0v) is 7.77. The van der Waals surface area contributed by atoms with Gasteiger partial charge in [-0.1, -0.05) is 43.9 Å². The van der Waals surface area contributed by atoms with Gasteiger partial charge in [0.2, 0.25) is 0 Å². The Morgan fingerprint density at radius 1 is 1.17 bits per heavy atom. The first-order valence-electron chi connectivity index (χ1n) is 4.51. The van der Waals surface area contributed by atoms with E-state index in [2.05, 4.69) is 24.7 Å². The maximum Gasteiger partial charge on any atom is 0.00922 e. The predicted octanol–water partition coefficient (Wildman–Crippen LogP) is 3.15. The zero-order chi connectivity index (χ0) is 9.07. The first kappa shape index (κ1) is 10.9. The van der Waals surface area contributed by atoms with Crippen molar-refractivity contribution in [3.05, 3.63) is 12.2 Å². The van der Waals surface area contributed by atoms with E-state index in [1.54, 1.807) is 12.2 Å². The molecular formula is C12H16. The zero-order valence-electron chi connectivity index (χ0n) is 7.77. The van der Waals surface area contributed by atoms with Crippen molar-refractivity contribution in [2.75, 3.05) is 0 Å². The summed E-state index contributed by atoms with van der Waals surface area (Å²) in [5.74, 6) is 8.33. The average Bonchev–Trinajstić information content (AvgIpc) is 2.10. The fourth-order valence-electron chi connectivity index (χ4n) is 0.861. The normalized spacial score (nSPS) is 9.00. The third-order valence-corrected chi connectivity index (χ3v) is 1.52. The molecule has 0 aromatic carbocycles. The van der Waals surface area contributed by atoms with Gasteiger partial charge in [0, 0.05) is 6.42 Å². The Morgan fingerprint density at radius 3 is 2.67 bits per heavy atom. The van der Waals surface area contributed by atoms with Crippen molar-refractivity contribution in [2.24, 2.45) is 0 Å².